The van der Waals surface area contributed by atoms with Gasteiger partial charge in [-0.1, -0.05) is 49.1 Å². The van der Waals surface area contributed by atoms with Gasteiger partial charge in [-0.15, -0.1) is 0 Å². The van der Waals surface area contributed by atoms with E-state index < -0.39 is 0 Å². The van der Waals surface area contributed by atoms with Crippen LogP contribution in [0.1, 0.15) is 58.4 Å². The molecule has 0 atom stereocenters. The molecule has 27 heavy (non-hydrogen) atoms. The fourth-order valence-electron chi connectivity index (χ4n) is 3.43. The molecule has 2 aromatic carbocycles. The second kappa shape index (κ2) is 9.56. The maximum Gasteiger partial charge on any atom is 0.251 e. The van der Waals surface area contributed by atoms with E-state index in [1.807, 2.05) is 24.3 Å². The van der Waals surface area contributed by atoms with Gasteiger partial charge >= 0.3 is 0 Å². The molecule has 0 radical (unpaired) electrons. The predicted octanol–water partition coefficient (Wildman–Crippen LogP) is 4.38. The fourth-order valence-corrected chi connectivity index (χ4v) is 3.65. The number of nitrogens with one attached hydrogen (secondary N) is 2. The van der Waals surface area contributed by atoms with Gasteiger partial charge in [0.1, 0.15) is 0 Å². The van der Waals surface area contributed by atoms with E-state index in [2.05, 4.69) is 10.6 Å². The first kappa shape index (κ1) is 19.4. The Morgan fingerprint density at radius 3 is 2.37 bits per heavy atom. The Morgan fingerprint density at radius 1 is 0.926 bits per heavy atom. The Kier molecular flexibility index (Phi) is 6.88. The lowest BCUT2D eigenvalue weighted by molar-refractivity contribution is 0.0927. The second-order valence-electron chi connectivity index (χ2n) is 7.03. The first-order valence-corrected chi connectivity index (χ1v) is 9.93. The molecule has 0 saturated heterocycles. The van der Waals surface area contributed by atoms with Crippen LogP contribution in [0.5, 0.6) is 0 Å². The van der Waals surface area contributed by atoms with E-state index in [0.717, 1.165) is 18.4 Å². The average molecular weight is 385 g/mol. The van der Waals surface area contributed by atoms with Gasteiger partial charge in [0.15, 0.2) is 0 Å². The van der Waals surface area contributed by atoms with Crippen LogP contribution in [0.4, 0.5) is 0 Å². The Labute approximate surface area is 165 Å². The van der Waals surface area contributed by atoms with E-state index in [1.165, 1.54) is 19.3 Å². The van der Waals surface area contributed by atoms with Crippen LogP contribution in [0, 0.1) is 0 Å². The van der Waals surface area contributed by atoms with Crippen LogP contribution in [-0.2, 0) is 6.42 Å². The van der Waals surface area contributed by atoms with Crippen LogP contribution >= 0.6 is 11.6 Å². The summed E-state index contributed by atoms with van der Waals surface area (Å²) in [6.45, 7) is 0.512. The van der Waals surface area contributed by atoms with Crippen molar-refractivity contribution in [1.82, 2.24) is 10.6 Å². The zero-order valence-electron chi connectivity index (χ0n) is 15.3. The number of hydrogen-bond acceptors (Lipinski definition) is 2. The normalized spacial score (nSPS) is 14.6. The molecule has 2 N–H and O–H groups in total. The Morgan fingerprint density at radius 2 is 1.63 bits per heavy atom. The monoisotopic (exact) mass is 384 g/mol. The van der Waals surface area contributed by atoms with Crippen molar-refractivity contribution in [3.8, 4) is 0 Å². The van der Waals surface area contributed by atoms with Gasteiger partial charge in [-0.3, -0.25) is 9.59 Å². The molecule has 0 spiro atoms. The number of benzene rings is 2. The largest absolute Gasteiger partial charge is 0.352 e. The van der Waals surface area contributed by atoms with Crippen molar-refractivity contribution < 1.29 is 9.59 Å². The lowest BCUT2D eigenvalue weighted by Crippen LogP contribution is -2.36. The fraction of sp³-hybridized carbons (Fsp3) is 0.364. The summed E-state index contributed by atoms with van der Waals surface area (Å²) in [5.41, 5.74) is 2.10. The quantitative estimate of drug-likeness (QED) is 0.776. The highest BCUT2D eigenvalue weighted by molar-refractivity contribution is 6.30. The third kappa shape index (κ3) is 5.83. The minimum absolute atomic E-state index is 0.101. The maximum absolute atomic E-state index is 12.5. The van der Waals surface area contributed by atoms with E-state index in [1.54, 1.807) is 24.3 Å². The van der Waals surface area contributed by atoms with Crippen LogP contribution in [0.3, 0.4) is 0 Å². The SMILES string of the molecule is O=C(NCCc1cccc(Cl)c1)c1cccc(C(=O)NC2CCCCC2)c1. The van der Waals surface area contributed by atoms with Gasteiger partial charge in [0, 0.05) is 28.7 Å². The molecule has 1 aliphatic rings. The summed E-state index contributed by atoms with van der Waals surface area (Å²) >= 11 is 5.97. The molecule has 4 nitrogen and oxygen atoms in total. The Balaban J connectivity index is 1.54. The second-order valence-corrected chi connectivity index (χ2v) is 7.46. The number of carbonyl (C=O) groups excluding carboxylic acids is 2. The molecular weight excluding hydrogens is 360 g/mol. The summed E-state index contributed by atoms with van der Waals surface area (Å²) in [4.78, 5) is 24.9. The summed E-state index contributed by atoms with van der Waals surface area (Å²) in [5, 5.41) is 6.68. The van der Waals surface area contributed by atoms with Crippen LogP contribution in [-0.4, -0.2) is 24.4 Å². The third-order valence-corrected chi connectivity index (χ3v) is 5.15. The zero-order valence-corrected chi connectivity index (χ0v) is 16.1. The lowest BCUT2D eigenvalue weighted by Gasteiger charge is -2.22. The minimum Gasteiger partial charge on any atom is -0.352 e. The molecule has 3 rings (SSSR count). The maximum atomic E-state index is 12.5. The van der Waals surface area contributed by atoms with Gasteiger partial charge in [-0.25, -0.2) is 0 Å². The molecule has 0 aromatic heterocycles. The molecule has 2 aromatic rings. The van der Waals surface area contributed by atoms with Crippen molar-refractivity contribution in [2.45, 2.75) is 44.6 Å². The standard InChI is InChI=1S/C22H25ClN2O2/c23-19-9-4-6-16(14-19)12-13-24-21(26)17-7-5-8-18(15-17)22(27)25-20-10-2-1-3-11-20/h4-9,14-15,20H,1-3,10-13H2,(H,24,26)(H,25,27). The lowest BCUT2D eigenvalue weighted by atomic mass is 9.95. The van der Waals surface area contributed by atoms with Crippen molar-refractivity contribution in [3.05, 3.63) is 70.2 Å². The van der Waals surface area contributed by atoms with Gasteiger partial charge < -0.3 is 10.6 Å². The molecular formula is C22H25ClN2O2. The summed E-state index contributed by atoms with van der Waals surface area (Å²) in [6, 6.07) is 14.7. The molecule has 1 fully saturated rings. The summed E-state index contributed by atoms with van der Waals surface area (Å²) in [7, 11) is 0. The molecule has 2 amide bonds. The van der Waals surface area contributed by atoms with Crippen molar-refractivity contribution in [1.29, 1.82) is 0 Å². The highest BCUT2D eigenvalue weighted by Crippen LogP contribution is 2.18. The van der Waals surface area contributed by atoms with Gasteiger partial charge in [0.05, 0.1) is 0 Å². The van der Waals surface area contributed by atoms with E-state index in [-0.39, 0.29) is 17.9 Å². The van der Waals surface area contributed by atoms with Crippen LogP contribution in [0.2, 0.25) is 5.02 Å². The molecule has 0 heterocycles. The first-order chi connectivity index (χ1) is 13.1. The zero-order chi connectivity index (χ0) is 19.1. The predicted molar refractivity (Wildman–Crippen MR) is 108 cm³/mol. The summed E-state index contributed by atoms with van der Waals surface area (Å²) in [5.74, 6) is -0.278. The van der Waals surface area contributed by atoms with Crippen LogP contribution < -0.4 is 10.6 Å². The molecule has 0 aliphatic heterocycles. The van der Waals surface area contributed by atoms with Crippen molar-refractivity contribution >= 4 is 23.4 Å². The van der Waals surface area contributed by atoms with Crippen molar-refractivity contribution in [2.24, 2.45) is 0 Å². The third-order valence-electron chi connectivity index (χ3n) is 4.92. The van der Waals surface area contributed by atoms with Crippen LogP contribution in [0.15, 0.2) is 48.5 Å². The Bertz CT molecular complexity index is 800. The minimum atomic E-state index is -0.177. The van der Waals surface area contributed by atoms with Crippen molar-refractivity contribution in [3.63, 3.8) is 0 Å². The van der Waals surface area contributed by atoms with Crippen molar-refractivity contribution in [2.75, 3.05) is 6.54 Å². The Hall–Kier alpha value is -2.33. The topological polar surface area (TPSA) is 58.2 Å². The highest BCUT2D eigenvalue weighted by atomic mass is 35.5. The number of halogens is 1. The number of amides is 2. The smallest absolute Gasteiger partial charge is 0.251 e. The summed E-state index contributed by atoms with van der Waals surface area (Å²) < 4.78 is 0. The number of rotatable bonds is 6. The average Bonchev–Trinajstić information content (AvgIpc) is 2.69. The van der Waals surface area contributed by atoms with Gasteiger partial charge in [-0.2, -0.15) is 0 Å². The van der Waals surface area contributed by atoms with Crippen LogP contribution in [0.25, 0.3) is 0 Å². The van der Waals surface area contributed by atoms with E-state index >= 15 is 0 Å². The molecule has 1 aliphatic carbocycles. The highest BCUT2D eigenvalue weighted by Gasteiger charge is 2.17. The molecule has 142 valence electrons. The number of carbonyl (C=O) groups is 2. The van der Waals surface area contributed by atoms with E-state index in [9.17, 15) is 9.59 Å². The first-order valence-electron chi connectivity index (χ1n) is 9.55. The molecule has 1 saturated carbocycles. The van der Waals surface area contributed by atoms with Gasteiger partial charge in [0.25, 0.3) is 11.8 Å². The van der Waals surface area contributed by atoms with Gasteiger partial charge in [0.2, 0.25) is 0 Å². The number of hydrogen-bond donors (Lipinski definition) is 2. The van der Waals surface area contributed by atoms with Gasteiger partial charge in [-0.05, 0) is 55.2 Å². The molecule has 5 heteroatoms. The molecule has 0 bridgehead atoms. The molecule has 0 unspecified atom stereocenters. The van der Waals surface area contributed by atoms with E-state index in [0.29, 0.717) is 29.1 Å². The van der Waals surface area contributed by atoms with E-state index in [4.69, 9.17) is 11.6 Å². The summed E-state index contributed by atoms with van der Waals surface area (Å²) in [6.07, 6.45) is 6.36.